The zero-order valence-corrected chi connectivity index (χ0v) is 17.3. The molecular weight excluding hydrogens is 395 g/mol. The van der Waals surface area contributed by atoms with Gasteiger partial charge in [-0.15, -0.1) is 0 Å². The van der Waals surface area contributed by atoms with Crippen LogP contribution < -0.4 is 11.1 Å². The van der Waals surface area contributed by atoms with Gasteiger partial charge in [0.1, 0.15) is 17.3 Å². The lowest BCUT2D eigenvalue weighted by molar-refractivity contribution is 0.102. The van der Waals surface area contributed by atoms with Crippen molar-refractivity contribution in [3.63, 3.8) is 0 Å². The number of aromatic hydroxyl groups is 1. The Bertz CT molecular complexity index is 1090. The SMILES string of the molecule is C[C@@H]1C[C@@H](N)C[C@H](c2ccncc2NC(=O)c2cccc(-c3cc(O)ccc3F)n2)C1. The van der Waals surface area contributed by atoms with E-state index in [-0.39, 0.29) is 34.7 Å². The summed E-state index contributed by atoms with van der Waals surface area (Å²) in [6.07, 6.45) is 6.23. The number of hydrogen-bond acceptors (Lipinski definition) is 5. The van der Waals surface area contributed by atoms with Gasteiger partial charge >= 0.3 is 0 Å². The molecule has 1 aromatic carbocycles. The summed E-state index contributed by atoms with van der Waals surface area (Å²) >= 11 is 0. The quantitative estimate of drug-likeness (QED) is 0.578. The van der Waals surface area contributed by atoms with Crippen LogP contribution in [-0.2, 0) is 0 Å². The van der Waals surface area contributed by atoms with Crippen LogP contribution in [0.4, 0.5) is 10.1 Å². The summed E-state index contributed by atoms with van der Waals surface area (Å²) < 4.78 is 14.2. The van der Waals surface area contributed by atoms with Gasteiger partial charge in [-0.1, -0.05) is 13.0 Å². The van der Waals surface area contributed by atoms with Crippen LogP contribution in [0.2, 0.25) is 0 Å². The first kappa shape index (κ1) is 20.9. The summed E-state index contributed by atoms with van der Waals surface area (Å²) in [6, 6.07) is 10.6. The number of halogens is 1. The average Bonchev–Trinajstić information content (AvgIpc) is 2.75. The van der Waals surface area contributed by atoms with E-state index in [2.05, 4.69) is 22.2 Å². The van der Waals surface area contributed by atoms with E-state index in [4.69, 9.17) is 5.73 Å². The van der Waals surface area contributed by atoms with Gasteiger partial charge in [-0.2, -0.15) is 0 Å². The first-order valence-corrected chi connectivity index (χ1v) is 10.4. The highest BCUT2D eigenvalue weighted by atomic mass is 19.1. The Labute approximate surface area is 180 Å². The van der Waals surface area contributed by atoms with E-state index >= 15 is 0 Å². The Balaban J connectivity index is 1.59. The molecule has 1 amide bonds. The van der Waals surface area contributed by atoms with Gasteiger partial charge in [0, 0.05) is 17.8 Å². The Morgan fingerprint density at radius 2 is 2.03 bits per heavy atom. The van der Waals surface area contributed by atoms with Crippen LogP contribution in [0.1, 0.15) is 48.2 Å². The molecule has 0 radical (unpaired) electrons. The van der Waals surface area contributed by atoms with Crippen molar-refractivity contribution in [2.24, 2.45) is 11.7 Å². The number of phenolic OH excluding ortho intramolecular Hbond substituents is 1. The van der Waals surface area contributed by atoms with Gasteiger partial charge in [0.05, 0.1) is 17.6 Å². The molecule has 0 unspecified atom stereocenters. The summed E-state index contributed by atoms with van der Waals surface area (Å²) in [6.45, 7) is 2.20. The second kappa shape index (κ2) is 8.81. The maximum atomic E-state index is 14.2. The lowest BCUT2D eigenvalue weighted by atomic mass is 9.76. The van der Waals surface area contributed by atoms with E-state index < -0.39 is 11.7 Å². The molecule has 2 aromatic heterocycles. The van der Waals surface area contributed by atoms with Crippen molar-refractivity contribution >= 4 is 11.6 Å². The van der Waals surface area contributed by atoms with E-state index in [1.165, 1.54) is 12.1 Å². The van der Waals surface area contributed by atoms with Crippen LogP contribution in [-0.4, -0.2) is 27.0 Å². The maximum absolute atomic E-state index is 14.2. The molecule has 7 heteroatoms. The summed E-state index contributed by atoms with van der Waals surface area (Å²) in [7, 11) is 0. The third-order valence-electron chi connectivity index (χ3n) is 5.73. The lowest BCUT2D eigenvalue weighted by Gasteiger charge is -2.32. The summed E-state index contributed by atoms with van der Waals surface area (Å²) in [4.78, 5) is 21.4. The molecule has 31 heavy (non-hydrogen) atoms. The lowest BCUT2D eigenvalue weighted by Crippen LogP contribution is -2.31. The van der Waals surface area contributed by atoms with Crippen LogP contribution in [0, 0.1) is 11.7 Å². The summed E-state index contributed by atoms with van der Waals surface area (Å²) in [5, 5.41) is 12.6. The number of nitrogens with one attached hydrogen (secondary N) is 1. The van der Waals surface area contributed by atoms with Crippen molar-refractivity contribution in [1.82, 2.24) is 9.97 Å². The number of pyridine rings is 2. The van der Waals surface area contributed by atoms with Crippen molar-refractivity contribution in [2.45, 2.75) is 38.1 Å². The minimum Gasteiger partial charge on any atom is -0.508 e. The highest BCUT2D eigenvalue weighted by Gasteiger charge is 2.27. The predicted molar refractivity (Wildman–Crippen MR) is 117 cm³/mol. The van der Waals surface area contributed by atoms with E-state index in [9.17, 15) is 14.3 Å². The van der Waals surface area contributed by atoms with Crippen LogP contribution in [0.5, 0.6) is 5.75 Å². The van der Waals surface area contributed by atoms with Crippen LogP contribution in [0.3, 0.4) is 0 Å². The number of anilines is 1. The maximum Gasteiger partial charge on any atom is 0.274 e. The second-order valence-electron chi connectivity index (χ2n) is 8.26. The smallest absolute Gasteiger partial charge is 0.274 e. The second-order valence-corrected chi connectivity index (χ2v) is 8.26. The van der Waals surface area contributed by atoms with Crippen molar-refractivity contribution in [3.05, 3.63) is 71.9 Å². The molecule has 2 heterocycles. The first-order chi connectivity index (χ1) is 14.9. The average molecular weight is 420 g/mol. The molecular formula is C24H25FN4O2. The highest BCUT2D eigenvalue weighted by Crippen LogP contribution is 2.38. The molecule has 0 spiro atoms. The molecule has 6 nitrogen and oxygen atoms in total. The fourth-order valence-electron chi connectivity index (χ4n) is 4.38. The Kier molecular flexibility index (Phi) is 5.95. The van der Waals surface area contributed by atoms with E-state index in [1.54, 1.807) is 30.6 Å². The molecule has 0 saturated heterocycles. The molecule has 1 aliphatic rings. The fourth-order valence-corrected chi connectivity index (χ4v) is 4.38. The molecule has 4 rings (SSSR count). The van der Waals surface area contributed by atoms with Crippen molar-refractivity contribution in [1.29, 1.82) is 0 Å². The molecule has 160 valence electrons. The van der Waals surface area contributed by atoms with Gasteiger partial charge in [0.25, 0.3) is 5.91 Å². The normalized spacial score (nSPS) is 20.9. The fraction of sp³-hybridized carbons (Fsp3) is 0.292. The van der Waals surface area contributed by atoms with Crippen molar-refractivity contribution in [3.8, 4) is 17.0 Å². The van der Waals surface area contributed by atoms with E-state index in [0.29, 0.717) is 11.6 Å². The number of benzene rings is 1. The van der Waals surface area contributed by atoms with Gasteiger partial charge < -0.3 is 16.2 Å². The third-order valence-corrected chi connectivity index (χ3v) is 5.73. The van der Waals surface area contributed by atoms with Gasteiger partial charge in [0.2, 0.25) is 0 Å². The molecule has 0 bridgehead atoms. The van der Waals surface area contributed by atoms with Gasteiger partial charge in [0.15, 0.2) is 0 Å². The number of nitrogens with two attached hydrogens (primary N) is 1. The van der Waals surface area contributed by atoms with Gasteiger partial charge in [-0.25, -0.2) is 9.37 Å². The number of hydrogen-bond donors (Lipinski definition) is 3. The first-order valence-electron chi connectivity index (χ1n) is 10.4. The van der Waals surface area contributed by atoms with Crippen LogP contribution >= 0.6 is 0 Å². The van der Waals surface area contributed by atoms with E-state index in [1.807, 2.05) is 6.07 Å². The topological polar surface area (TPSA) is 101 Å². The number of amides is 1. The molecule has 4 N–H and O–H groups in total. The standard InChI is InChI=1S/C24H25FN4O2/c1-14-9-15(11-16(26)10-14)18-7-8-27-13-23(18)29-24(31)22-4-2-3-21(28-22)19-12-17(30)5-6-20(19)25/h2-8,12-16,30H,9-11,26H2,1H3,(H,29,31)/t14-,15+,16+/m0/s1. The molecule has 3 aromatic rings. The molecule has 1 fully saturated rings. The Hall–Kier alpha value is -3.32. The summed E-state index contributed by atoms with van der Waals surface area (Å²) in [5.41, 5.74) is 8.41. The molecule has 1 saturated carbocycles. The molecule has 0 aliphatic heterocycles. The number of carbonyl (C=O) groups excluding carboxylic acids is 1. The molecule has 1 aliphatic carbocycles. The zero-order chi connectivity index (χ0) is 22.0. The largest absolute Gasteiger partial charge is 0.508 e. The van der Waals surface area contributed by atoms with Crippen molar-refractivity contribution in [2.75, 3.05) is 5.32 Å². The van der Waals surface area contributed by atoms with Gasteiger partial charge in [-0.3, -0.25) is 9.78 Å². The zero-order valence-electron chi connectivity index (χ0n) is 17.3. The Morgan fingerprint density at radius 3 is 2.84 bits per heavy atom. The minimum atomic E-state index is -0.528. The van der Waals surface area contributed by atoms with Gasteiger partial charge in [-0.05, 0) is 73.1 Å². The monoisotopic (exact) mass is 420 g/mol. The number of nitrogens with zero attached hydrogens (tertiary/aromatic N) is 2. The van der Waals surface area contributed by atoms with Crippen LogP contribution in [0.15, 0.2) is 54.9 Å². The predicted octanol–water partition coefficient (Wildman–Crippen LogP) is 4.47. The number of carbonyl (C=O) groups is 1. The Morgan fingerprint density at radius 1 is 1.19 bits per heavy atom. The summed E-state index contributed by atoms with van der Waals surface area (Å²) in [5.74, 6) is -0.253. The number of rotatable bonds is 4. The third kappa shape index (κ3) is 4.72. The molecule has 3 atom stereocenters. The minimum absolute atomic E-state index is 0.0759. The highest BCUT2D eigenvalue weighted by molar-refractivity contribution is 6.03. The van der Waals surface area contributed by atoms with Crippen LogP contribution in [0.25, 0.3) is 11.3 Å². The number of phenols is 1. The van der Waals surface area contributed by atoms with Crippen molar-refractivity contribution < 1.29 is 14.3 Å². The van der Waals surface area contributed by atoms with E-state index in [0.717, 1.165) is 30.9 Å². The number of aromatic nitrogens is 2.